The first kappa shape index (κ1) is 28.4. The summed E-state index contributed by atoms with van der Waals surface area (Å²) in [7, 11) is 0. The maximum Gasteiger partial charge on any atom is 0.143 e. The van der Waals surface area contributed by atoms with Crippen LogP contribution in [0, 0.1) is 0 Å². The van der Waals surface area contributed by atoms with Crippen molar-refractivity contribution in [3.8, 4) is 22.3 Å². The zero-order valence-electron chi connectivity index (χ0n) is 27.3. The van der Waals surface area contributed by atoms with E-state index in [-0.39, 0.29) is 0 Å². The van der Waals surface area contributed by atoms with Crippen LogP contribution in [0.5, 0.6) is 0 Å². The molecule has 0 amide bonds. The first-order valence-electron chi connectivity index (χ1n) is 17.1. The van der Waals surface area contributed by atoms with Crippen LogP contribution < -0.4 is 4.90 Å². The van der Waals surface area contributed by atoms with Crippen molar-refractivity contribution in [3.63, 3.8) is 0 Å². The Balaban J connectivity index is 1.11. The van der Waals surface area contributed by atoms with Crippen molar-refractivity contribution < 1.29 is 4.42 Å². The molecule has 0 bridgehead atoms. The van der Waals surface area contributed by atoms with Crippen LogP contribution in [-0.2, 0) is 0 Å². The van der Waals surface area contributed by atoms with E-state index in [1.54, 1.807) is 0 Å². The number of benzene rings is 9. The minimum Gasteiger partial charge on any atom is -0.455 e. The van der Waals surface area contributed by atoms with Gasteiger partial charge in [0, 0.05) is 33.2 Å². The third-order valence-corrected chi connectivity index (χ3v) is 10.1. The lowest BCUT2D eigenvalue weighted by Crippen LogP contribution is -2.09. The standard InChI is InChI=1S/C48H31NO/c1-2-9-32(10-3-1)33-17-23-37(24-18-33)49(39-27-30-47-46(31-39)45-29-22-35-12-5-7-14-42(35)48(45)50-47)38-25-19-36(20-26-38)41-15-8-16-43-40-13-6-4-11-34(40)21-28-44(41)43/h1-31H. The van der Waals surface area contributed by atoms with E-state index in [9.17, 15) is 0 Å². The van der Waals surface area contributed by atoms with Gasteiger partial charge in [-0.3, -0.25) is 0 Å². The Hall–Kier alpha value is -6.64. The number of nitrogens with zero attached hydrogens (tertiary/aromatic N) is 1. The second-order valence-electron chi connectivity index (χ2n) is 12.9. The molecule has 0 fully saturated rings. The van der Waals surface area contributed by atoms with Crippen molar-refractivity contribution in [2.75, 3.05) is 4.90 Å². The van der Waals surface area contributed by atoms with Gasteiger partial charge in [0.25, 0.3) is 0 Å². The fourth-order valence-corrected chi connectivity index (χ4v) is 7.59. The predicted molar refractivity (Wildman–Crippen MR) is 212 cm³/mol. The smallest absolute Gasteiger partial charge is 0.143 e. The first-order chi connectivity index (χ1) is 24.8. The van der Waals surface area contributed by atoms with Crippen molar-refractivity contribution >= 4 is 71.3 Å². The summed E-state index contributed by atoms with van der Waals surface area (Å²) in [5.41, 5.74) is 9.89. The number of hydrogen-bond donors (Lipinski definition) is 0. The van der Waals surface area contributed by atoms with Gasteiger partial charge in [0.1, 0.15) is 11.2 Å². The minimum atomic E-state index is 0.887. The van der Waals surface area contributed by atoms with Gasteiger partial charge < -0.3 is 9.32 Å². The van der Waals surface area contributed by atoms with Gasteiger partial charge in [-0.25, -0.2) is 0 Å². The largest absolute Gasteiger partial charge is 0.455 e. The summed E-state index contributed by atoms with van der Waals surface area (Å²) in [5, 5.41) is 9.62. The van der Waals surface area contributed by atoms with E-state index >= 15 is 0 Å². The number of fused-ring (bicyclic) bond motifs is 8. The van der Waals surface area contributed by atoms with E-state index in [1.807, 2.05) is 0 Å². The lowest BCUT2D eigenvalue weighted by Gasteiger charge is -2.26. The summed E-state index contributed by atoms with van der Waals surface area (Å²) >= 11 is 0. The first-order valence-corrected chi connectivity index (χ1v) is 17.1. The molecule has 9 aromatic carbocycles. The Bertz CT molecular complexity index is 2850. The van der Waals surface area contributed by atoms with Gasteiger partial charge in [0.15, 0.2) is 0 Å². The van der Waals surface area contributed by atoms with E-state index in [0.717, 1.165) is 44.4 Å². The molecule has 2 nitrogen and oxygen atoms in total. The number of rotatable bonds is 5. The molecule has 0 saturated heterocycles. The highest BCUT2D eigenvalue weighted by Crippen LogP contribution is 2.42. The highest BCUT2D eigenvalue weighted by atomic mass is 16.3. The fraction of sp³-hybridized carbons (Fsp3) is 0. The second-order valence-corrected chi connectivity index (χ2v) is 12.9. The maximum absolute atomic E-state index is 6.48. The topological polar surface area (TPSA) is 16.4 Å². The lowest BCUT2D eigenvalue weighted by atomic mass is 9.94. The quantitative estimate of drug-likeness (QED) is 0.175. The van der Waals surface area contributed by atoms with Crippen LogP contribution in [0.3, 0.4) is 0 Å². The van der Waals surface area contributed by atoms with E-state index in [1.165, 1.54) is 49.2 Å². The molecule has 0 radical (unpaired) electrons. The minimum absolute atomic E-state index is 0.887. The second kappa shape index (κ2) is 11.5. The van der Waals surface area contributed by atoms with E-state index < -0.39 is 0 Å². The average molecular weight is 638 g/mol. The summed E-state index contributed by atoms with van der Waals surface area (Å²) in [6, 6.07) is 67.5. The van der Waals surface area contributed by atoms with Crippen molar-refractivity contribution in [2.24, 2.45) is 0 Å². The molecule has 234 valence electrons. The molecule has 0 aliphatic rings. The molecule has 0 aliphatic heterocycles. The van der Waals surface area contributed by atoms with Gasteiger partial charge in [-0.2, -0.15) is 0 Å². The zero-order valence-corrected chi connectivity index (χ0v) is 27.3. The monoisotopic (exact) mass is 637 g/mol. The molecule has 0 aliphatic carbocycles. The molecular formula is C48H31NO. The molecule has 2 heteroatoms. The van der Waals surface area contributed by atoms with Crippen molar-refractivity contribution in [1.29, 1.82) is 0 Å². The van der Waals surface area contributed by atoms with Gasteiger partial charge in [0.2, 0.25) is 0 Å². The molecule has 0 spiro atoms. The van der Waals surface area contributed by atoms with Gasteiger partial charge in [0.05, 0.1) is 0 Å². The number of anilines is 3. The summed E-state index contributed by atoms with van der Waals surface area (Å²) < 4.78 is 6.48. The van der Waals surface area contributed by atoms with Crippen LogP contribution in [-0.4, -0.2) is 0 Å². The molecule has 1 aromatic heterocycles. The Kier molecular flexibility index (Phi) is 6.53. The fourth-order valence-electron chi connectivity index (χ4n) is 7.59. The van der Waals surface area contributed by atoms with Crippen LogP contribution in [0.4, 0.5) is 17.1 Å². The van der Waals surface area contributed by atoms with E-state index in [2.05, 4.69) is 193 Å². The highest BCUT2D eigenvalue weighted by molar-refractivity contribution is 6.16. The van der Waals surface area contributed by atoms with Gasteiger partial charge in [-0.15, -0.1) is 0 Å². The SMILES string of the molecule is c1ccc(-c2ccc(N(c3ccc(-c4cccc5c4ccc4ccccc45)cc3)c3ccc4oc5c6ccccc6ccc5c4c3)cc2)cc1. The van der Waals surface area contributed by atoms with Crippen LogP contribution >= 0.6 is 0 Å². The normalized spacial score (nSPS) is 11.6. The third kappa shape index (κ3) is 4.65. The van der Waals surface area contributed by atoms with Crippen LogP contribution in [0.1, 0.15) is 0 Å². The molecule has 10 rings (SSSR count). The summed E-state index contributed by atoms with van der Waals surface area (Å²) in [5.74, 6) is 0. The Morgan fingerprint density at radius 1 is 0.320 bits per heavy atom. The summed E-state index contributed by atoms with van der Waals surface area (Å²) in [6.07, 6.45) is 0. The Labute approximate surface area is 290 Å². The molecule has 0 N–H and O–H groups in total. The summed E-state index contributed by atoms with van der Waals surface area (Å²) in [6.45, 7) is 0. The van der Waals surface area contributed by atoms with Crippen LogP contribution in [0.25, 0.3) is 76.5 Å². The number of hydrogen-bond acceptors (Lipinski definition) is 2. The third-order valence-electron chi connectivity index (χ3n) is 10.1. The van der Waals surface area contributed by atoms with Gasteiger partial charge in [-0.1, -0.05) is 140 Å². The molecule has 0 unspecified atom stereocenters. The molecule has 0 atom stereocenters. The lowest BCUT2D eigenvalue weighted by molar-refractivity contribution is 0.672. The Morgan fingerprint density at radius 2 is 0.900 bits per heavy atom. The van der Waals surface area contributed by atoms with Crippen molar-refractivity contribution in [1.82, 2.24) is 0 Å². The van der Waals surface area contributed by atoms with E-state index in [4.69, 9.17) is 4.42 Å². The van der Waals surface area contributed by atoms with Crippen molar-refractivity contribution in [3.05, 3.63) is 188 Å². The highest BCUT2D eigenvalue weighted by Gasteiger charge is 2.17. The van der Waals surface area contributed by atoms with Gasteiger partial charge >= 0.3 is 0 Å². The zero-order chi connectivity index (χ0) is 33.0. The van der Waals surface area contributed by atoms with Crippen LogP contribution in [0.2, 0.25) is 0 Å². The van der Waals surface area contributed by atoms with Crippen LogP contribution in [0.15, 0.2) is 192 Å². The van der Waals surface area contributed by atoms with Gasteiger partial charge in [-0.05, 0) is 97.7 Å². The predicted octanol–water partition coefficient (Wildman–Crippen LogP) is 13.8. The van der Waals surface area contributed by atoms with E-state index in [0.29, 0.717) is 0 Å². The number of furan rings is 1. The molecule has 50 heavy (non-hydrogen) atoms. The van der Waals surface area contributed by atoms with Crippen molar-refractivity contribution in [2.45, 2.75) is 0 Å². The molecule has 1 heterocycles. The Morgan fingerprint density at radius 3 is 1.66 bits per heavy atom. The molecule has 10 aromatic rings. The molecular weight excluding hydrogens is 607 g/mol. The average Bonchev–Trinajstić information content (AvgIpc) is 3.57. The molecule has 0 saturated carbocycles. The maximum atomic E-state index is 6.48. The summed E-state index contributed by atoms with van der Waals surface area (Å²) in [4.78, 5) is 2.34.